The van der Waals surface area contributed by atoms with E-state index in [2.05, 4.69) is 5.32 Å². The largest absolute Gasteiger partial charge is 0.313 e. The minimum atomic E-state index is -3.33. The van der Waals surface area contributed by atoms with Gasteiger partial charge in [-0.1, -0.05) is 6.07 Å². The van der Waals surface area contributed by atoms with Crippen LogP contribution in [-0.4, -0.2) is 37.9 Å². The Morgan fingerprint density at radius 2 is 2.33 bits per heavy atom. The van der Waals surface area contributed by atoms with Gasteiger partial charge in [0.05, 0.1) is 0 Å². The van der Waals surface area contributed by atoms with Crippen molar-refractivity contribution in [3.05, 3.63) is 17.5 Å². The SMILES string of the molecule is CC(C)N(CC1CCCN1)S(=O)(=O)c1cccs1. The van der Waals surface area contributed by atoms with Crippen LogP contribution in [0.25, 0.3) is 0 Å². The molecule has 1 fully saturated rings. The molecule has 1 saturated heterocycles. The number of sulfonamides is 1. The number of rotatable bonds is 5. The molecule has 0 saturated carbocycles. The molecule has 1 aromatic rings. The molecule has 1 aromatic heterocycles. The monoisotopic (exact) mass is 288 g/mol. The summed E-state index contributed by atoms with van der Waals surface area (Å²) in [6, 6.07) is 3.74. The van der Waals surface area contributed by atoms with Crippen LogP contribution in [0.2, 0.25) is 0 Å². The van der Waals surface area contributed by atoms with Gasteiger partial charge in [0.15, 0.2) is 0 Å². The number of nitrogens with zero attached hydrogens (tertiary/aromatic N) is 1. The van der Waals surface area contributed by atoms with E-state index in [0.29, 0.717) is 16.8 Å². The highest BCUT2D eigenvalue weighted by Gasteiger charge is 2.30. The summed E-state index contributed by atoms with van der Waals surface area (Å²) in [5, 5.41) is 5.16. The van der Waals surface area contributed by atoms with Gasteiger partial charge in [-0.3, -0.25) is 0 Å². The number of hydrogen-bond acceptors (Lipinski definition) is 4. The van der Waals surface area contributed by atoms with Crippen LogP contribution in [-0.2, 0) is 10.0 Å². The second-order valence-corrected chi connectivity index (χ2v) is 7.96. The molecule has 18 heavy (non-hydrogen) atoms. The summed E-state index contributed by atoms with van der Waals surface area (Å²) >= 11 is 1.28. The summed E-state index contributed by atoms with van der Waals surface area (Å²) < 4.78 is 27.1. The van der Waals surface area contributed by atoms with E-state index < -0.39 is 10.0 Å². The molecule has 1 atom stereocenters. The lowest BCUT2D eigenvalue weighted by Crippen LogP contribution is -2.44. The van der Waals surface area contributed by atoms with Crippen LogP contribution in [0.15, 0.2) is 21.7 Å². The lowest BCUT2D eigenvalue weighted by Gasteiger charge is -2.28. The van der Waals surface area contributed by atoms with Crippen molar-refractivity contribution in [1.29, 1.82) is 0 Å². The van der Waals surface area contributed by atoms with Crippen molar-refractivity contribution >= 4 is 21.4 Å². The number of nitrogens with one attached hydrogen (secondary N) is 1. The molecule has 0 bridgehead atoms. The van der Waals surface area contributed by atoms with E-state index in [1.807, 2.05) is 13.8 Å². The predicted octanol–water partition coefficient (Wildman–Crippen LogP) is 1.90. The summed E-state index contributed by atoms with van der Waals surface area (Å²) in [6.45, 7) is 5.42. The van der Waals surface area contributed by atoms with E-state index in [4.69, 9.17) is 0 Å². The molecule has 1 N–H and O–H groups in total. The van der Waals surface area contributed by atoms with Crippen molar-refractivity contribution in [2.24, 2.45) is 0 Å². The zero-order chi connectivity index (χ0) is 13.2. The number of hydrogen-bond donors (Lipinski definition) is 1. The van der Waals surface area contributed by atoms with Gasteiger partial charge in [0.25, 0.3) is 10.0 Å². The summed E-state index contributed by atoms with van der Waals surface area (Å²) in [7, 11) is -3.33. The molecule has 4 nitrogen and oxygen atoms in total. The van der Waals surface area contributed by atoms with Gasteiger partial charge in [0.2, 0.25) is 0 Å². The Morgan fingerprint density at radius 1 is 1.56 bits per heavy atom. The van der Waals surface area contributed by atoms with Crippen molar-refractivity contribution in [2.45, 2.75) is 43.0 Å². The molecule has 0 radical (unpaired) electrons. The Balaban J connectivity index is 2.19. The molecule has 0 spiro atoms. The molecule has 0 aliphatic carbocycles. The summed E-state index contributed by atoms with van der Waals surface area (Å²) in [5.41, 5.74) is 0. The third-order valence-electron chi connectivity index (χ3n) is 3.20. The van der Waals surface area contributed by atoms with Gasteiger partial charge in [-0.05, 0) is 44.7 Å². The molecule has 2 heterocycles. The van der Waals surface area contributed by atoms with Gasteiger partial charge < -0.3 is 5.32 Å². The normalized spacial score (nSPS) is 21.0. The minimum absolute atomic E-state index is 0.0144. The Kier molecular flexibility index (Phi) is 4.42. The molecule has 0 amide bonds. The van der Waals surface area contributed by atoms with E-state index in [9.17, 15) is 8.42 Å². The third-order valence-corrected chi connectivity index (χ3v) is 6.61. The Morgan fingerprint density at radius 3 is 2.83 bits per heavy atom. The van der Waals surface area contributed by atoms with Crippen LogP contribution >= 0.6 is 11.3 Å². The topological polar surface area (TPSA) is 49.4 Å². The highest BCUT2D eigenvalue weighted by molar-refractivity contribution is 7.91. The van der Waals surface area contributed by atoms with Gasteiger partial charge in [0, 0.05) is 18.6 Å². The third kappa shape index (κ3) is 2.93. The maximum absolute atomic E-state index is 12.5. The van der Waals surface area contributed by atoms with Crippen LogP contribution < -0.4 is 5.32 Å². The first-order chi connectivity index (χ1) is 8.51. The first-order valence-corrected chi connectivity index (χ1v) is 8.62. The molecule has 1 aliphatic rings. The van der Waals surface area contributed by atoms with Gasteiger partial charge in [0.1, 0.15) is 4.21 Å². The molecule has 102 valence electrons. The van der Waals surface area contributed by atoms with Crippen LogP contribution in [0.5, 0.6) is 0 Å². The van der Waals surface area contributed by atoms with Crippen LogP contribution in [0.3, 0.4) is 0 Å². The van der Waals surface area contributed by atoms with Gasteiger partial charge >= 0.3 is 0 Å². The standard InChI is InChI=1S/C12H20N2O2S2/c1-10(2)14(9-11-5-3-7-13-11)18(15,16)12-6-4-8-17-12/h4,6,8,10-11,13H,3,5,7,9H2,1-2H3. The van der Waals surface area contributed by atoms with Gasteiger partial charge in [-0.2, -0.15) is 4.31 Å². The first-order valence-electron chi connectivity index (χ1n) is 6.30. The fourth-order valence-corrected chi connectivity index (χ4v) is 5.04. The predicted molar refractivity (Wildman–Crippen MR) is 74.4 cm³/mol. The first kappa shape index (κ1) is 14.0. The van der Waals surface area contributed by atoms with Gasteiger partial charge in [-0.15, -0.1) is 11.3 Å². The summed E-state index contributed by atoms with van der Waals surface area (Å²) in [4.78, 5) is 0. The van der Waals surface area contributed by atoms with Crippen molar-refractivity contribution < 1.29 is 8.42 Å². The van der Waals surface area contributed by atoms with E-state index in [1.165, 1.54) is 11.3 Å². The van der Waals surface area contributed by atoms with Crippen molar-refractivity contribution in [3.8, 4) is 0 Å². The zero-order valence-corrected chi connectivity index (χ0v) is 12.4. The fourth-order valence-electron chi connectivity index (χ4n) is 2.24. The highest BCUT2D eigenvalue weighted by atomic mass is 32.2. The molecular formula is C12H20N2O2S2. The van der Waals surface area contributed by atoms with Crippen LogP contribution in [0.1, 0.15) is 26.7 Å². The van der Waals surface area contributed by atoms with Crippen LogP contribution in [0.4, 0.5) is 0 Å². The second kappa shape index (κ2) is 5.69. The Bertz CT molecular complexity index is 462. The van der Waals surface area contributed by atoms with Crippen molar-refractivity contribution in [1.82, 2.24) is 9.62 Å². The van der Waals surface area contributed by atoms with Crippen molar-refractivity contribution in [3.63, 3.8) is 0 Å². The second-order valence-electron chi connectivity index (χ2n) is 4.89. The molecule has 6 heteroatoms. The molecular weight excluding hydrogens is 268 g/mol. The van der Waals surface area contributed by atoms with E-state index in [0.717, 1.165) is 19.4 Å². The maximum Gasteiger partial charge on any atom is 0.252 e. The molecule has 1 aliphatic heterocycles. The lowest BCUT2D eigenvalue weighted by atomic mass is 10.2. The van der Waals surface area contributed by atoms with Crippen molar-refractivity contribution in [2.75, 3.05) is 13.1 Å². The summed E-state index contributed by atoms with van der Waals surface area (Å²) in [5.74, 6) is 0. The number of thiophene rings is 1. The summed E-state index contributed by atoms with van der Waals surface area (Å²) in [6.07, 6.45) is 2.19. The van der Waals surface area contributed by atoms with E-state index >= 15 is 0 Å². The molecule has 1 unspecified atom stereocenters. The maximum atomic E-state index is 12.5. The Hall–Kier alpha value is -0.430. The Labute approximate surface area is 113 Å². The average Bonchev–Trinajstić information content (AvgIpc) is 2.98. The molecule has 2 rings (SSSR count). The highest BCUT2D eigenvalue weighted by Crippen LogP contribution is 2.23. The zero-order valence-electron chi connectivity index (χ0n) is 10.8. The van der Waals surface area contributed by atoms with Crippen LogP contribution in [0, 0.1) is 0 Å². The van der Waals surface area contributed by atoms with Gasteiger partial charge in [-0.25, -0.2) is 8.42 Å². The lowest BCUT2D eigenvalue weighted by molar-refractivity contribution is 0.323. The fraction of sp³-hybridized carbons (Fsp3) is 0.667. The molecule has 0 aromatic carbocycles. The quantitative estimate of drug-likeness (QED) is 0.900. The van der Waals surface area contributed by atoms with E-state index in [-0.39, 0.29) is 6.04 Å². The van der Waals surface area contributed by atoms with E-state index in [1.54, 1.807) is 21.8 Å². The average molecular weight is 288 g/mol. The minimum Gasteiger partial charge on any atom is -0.313 e. The smallest absolute Gasteiger partial charge is 0.252 e.